The lowest BCUT2D eigenvalue weighted by molar-refractivity contribution is 0.227. The molecule has 8 heteroatoms. The Bertz CT molecular complexity index is 947. The second-order valence-corrected chi connectivity index (χ2v) is 12.5. The molecule has 0 bridgehead atoms. The molecular weight excluding hydrogens is 528 g/mol. The number of nitrogens with zero attached hydrogens (tertiary/aromatic N) is 4. The van der Waals surface area contributed by atoms with Crippen molar-refractivity contribution in [1.29, 1.82) is 0 Å². The van der Waals surface area contributed by atoms with Gasteiger partial charge in [-0.25, -0.2) is 0 Å². The van der Waals surface area contributed by atoms with E-state index in [0.29, 0.717) is 38.3 Å². The van der Waals surface area contributed by atoms with Crippen LogP contribution in [0.5, 0.6) is 23.0 Å². The Morgan fingerprint density at radius 3 is 1.02 bits per heavy atom. The van der Waals surface area contributed by atoms with Gasteiger partial charge in [0.2, 0.25) is 0 Å². The summed E-state index contributed by atoms with van der Waals surface area (Å²) in [6.07, 6.45) is 1.95. The van der Waals surface area contributed by atoms with Crippen LogP contribution in [-0.4, -0.2) is 129 Å². The minimum atomic E-state index is 0.481. The van der Waals surface area contributed by atoms with Gasteiger partial charge in [0.1, 0.15) is 26.4 Å². The van der Waals surface area contributed by atoms with Crippen molar-refractivity contribution in [3.8, 4) is 23.0 Å². The van der Waals surface area contributed by atoms with E-state index in [1.165, 1.54) is 11.1 Å². The summed E-state index contributed by atoms with van der Waals surface area (Å²) >= 11 is 0. The summed E-state index contributed by atoms with van der Waals surface area (Å²) in [6.45, 7) is 10.6. The first-order valence-corrected chi connectivity index (χ1v) is 15.3. The Morgan fingerprint density at radius 2 is 0.738 bits per heavy atom. The number of benzene rings is 2. The molecule has 8 nitrogen and oxygen atoms in total. The second kappa shape index (κ2) is 18.9. The van der Waals surface area contributed by atoms with E-state index in [-0.39, 0.29) is 0 Å². The monoisotopic (exact) mass is 586 g/mol. The van der Waals surface area contributed by atoms with Crippen molar-refractivity contribution < 1.29 is 18.9 Å². The molecular formula is C34H58N4O4. The molecule has 0 unspecified atom stereocenters. The zero-order valence-corrected chi connectivity index (χ0v) is 28.1. The number of hydrogen-bond donors (Lipinski definition) is 0. The Labute approximate surface area is 256 Å². The average Bonchev–Trinajstić information content (AvgIpc) is 2.90. The van der Waals surface area contributed by atoms with Gasteiger partial charge in [0, 0.05) is 26.2 Å². The van der Waals surface area contributed by atoms with Crippen LogP contribution in [0.1, 0.15) is 25.0 Å². The lowest BCUT2D eigenvalue weighted by Crippen LogP contribution is -2.21. The van der Waals surface area contributed by atoms with Crippen LogP contribution in [0.25, 0.3) is 0 Å². The van der Waals surface area contributed by atoms with Crippen LogP contribution in [0.3, 0.4) is 0 Å². The highest BCUT2D eigenvalue weighted by atomic mass is 16.5. The summed E-state index contributed by atoms with van der Waals surface area (Å²) in [5, 5.41) is 0. The van der Waals surface area contributed by atoms with Gasteiger partial charge in [-0.2, -0.15) is 0 Å². The van der Waals surface area contributed by atoms with E-state index in [1.54, 1.807) is 0 Å². The summed E-state index contributed by atoms with van der Waals surface area (Å²) in [5.41, 5.74) is 2.54. The van der Waals surface area contributed by atoms with Gasteiger partial charge in [0.05, 0.1) is 0 Å². The highest BCUT2D eigenvalue weighted by Gasteiger charge is 2.17. The predicted octanol–water partition coefficient (Wildman–Crippen LogP) is 4.51. The number of likely N-dealkylation sites (N-methyl/N-ethyl adjacent to an activating group) is 4. The van der Waals surface area contributed by atoms with Crippen LogP contribution in [-0.2, 0) is 12.8 Å². The molecule has 0 fully saturated rings. The van der Waals surface area contributed by atoms with Crippen LogP contribution in [0.4, 0.5) is 0 Å². The van der Waals surface area contributed by atoms with Gasteiger partial charge in [-0.05, 0) is 116 Å². The summed E-state index contributed by atoms with van der Waals surface area (Å²) < 4.78 is 24.5. The van der Waals surface area contributed by atoms with Crippen molar-refractivity contribution >= 4 is 0 Å². The molecule has 2 aromatic carbocycles. The second-order valence-electron chi connectivity index (χ2n) is 12.5. The topological polar surface area (TPSA) is 49.9 Å². The van der Waals surface area contributed by atoms with Gasteiger partial charge >= 0.3 is 0 Å². The highest BCUT2D eigenvalue weighted by molar-refractivity contribution is 5.44. The van der Waals surface area contributed by atoms with Crippen molar-refractivity contribution in [3.05, 3.63) is 47.5 Å². The molecule has 0 saturated heterocycles. The van der Waals surface area contributed by atoms with E-state index in [1.807, 2.05) is 0 Å². The van der Waals surface area contributed by atoms with Gasteiger partial charge in [-0.15, -0.1) is 0 Å². The van der Waals surface area contributed by atoms with Crippen molar-refractivity contribution in [2.24, 2.45) is 11.8 Å². The van der Waals surface area contributed by atoms with Gasteiger partial charge in [0.15, 0.2) is 23.0 Å². The minimum Gasteiger partial charge on any atom is -0.488 e. The fourth-order valence-corrected chi connectivity index (χ4v) is 4.32. The Morgan fingerprint density at radius 1 is 0.452 bits per heavy atom. The SMILES string of the molecule is C[C@H](Cc1ccc(OCCN(C)C)c(OCCN(C)C)c1)[C@@H](C)Cc1ccc(OCCN(C)C)c(OCCN(C)C)c1. The summed E-state index contributed by atoms with van der Waals surface area (Å²) in [5.74, 6) is 4.25. The summed E-state index contributed by atoms with van der Waals surface area (Å²) in [7, 11) is 16.4. The van der Waals surface area contributed by atoms with Gasteiger partial charge < -0.3 is 38.5 Å². The third-order valence-corrected chi connectivity index (χ3v) is 7.29. The van der Waals surface area contributed by atoms with E-state index in [2.05, 4.69) is 126 Å². The fraction of sp³-hybridized carbons (Fsp3) is 0.647. The largest absolute Gasteiger partial charge is 0.488 e. The maximum Gasteiger partial charge on any atom is 0.161 e. The third-order valence-electron chi connectivity index (χ3n) is 7.29. The average molecular weight is 587 g/mol. The molecule has 0 aliphatic carbocycles. The first kappa shape index (κ1) is 35.7. The Kier molecular flexibility index (Phi) is 16.1. The molecule has 0 amide bonds. The normalized spacial score (nSPS) is 13.2. The van der Waals surface area contributed by atoms with Gasteiger partial charge in [0.25, 0.3) is 0 Å². The van der Waals surface area contributed by atoms with Gasteiger partial charge in [-0.3, -0.25) is 0 Å². The smallest absolute Gasteiger partial charge is 0.161 e. The quantitative estimate of drug-likeness (QED) is 0.212. The number of ether oxygens (including phenoxy) is 4. The Hall–Kier alpha value is -2.52. The molecule has 2 rings (SSSR count). The molecule has 238 valence electrons. The third kappa shape index (κ3) is 14.1. The van der Waals surface area contributed by atoms with E-state index in [9.17, 15) is 0 Å². The van der Waals surface area contributed by atoms with Crippen LogP contribution < -0.4 is 18.9 Å². The molecule has 2 aromatic rings. The molecule has 42 heavy (non-hydrogen) atoms. The molecule has 0 aromatic heterocycles. The zero-order valence-electron chi connectivity index (χ0n) is 28.1. The van der Waals surface area contributed by atoms with Crippen molar-refractivity contribution in [3.63, 3.8) is 0 Å². The Balaban J connectivity index is 2.09. The maximum atomic E-state index is 6.18. The van der Waals surface area contributed by atoms with E-state index < -0.39 is 0 Å². The predicted molar refractivity (Wildman–Crippen MR) is 175 cm³/mol. The van der Waals surface area contributed by atoms with Crippen molar-refractivity contribution in [1.82, 2.24) is 19.6 Å². The molecule has 2 atom stereocenters. The fourth-order valence-electron chi connectivity index (χ4n) is 4.32. The number of hydrogen-bond acceptors (Lipinski definition) is 8. The first-order valence-electron chi connectivity index (χ1n) is 15.3. The van der Waals surface area contributed by atoms with Crippen LogP contribution in [0.15, 0.2) is 36.4 Å². The maximum absolute atomic E-state index is 6.18. The molecule has 0 aliphatic heterocycles. The standard InChI is InChI=1S/C34H58N4O4/c1-27(23-29-11-13-31(39-19-15-35(3)4)33(25-29)41-21-17-37(7)8)28(2)24-30-12-14-32(40-20-16-36(5)6)34(26-30)42-22-18-38(9)10/h11-14,25-28H,15-24H2,1-10H3/t27-,28+. The summed E-state index contributed by atoms with van der Waals surface area (Å²) in [6, 6.07) is 12.8. The first-order chi connectivity index (χ1) is 19.9. The molecule has 0 saturated carbocycles. The highest BCUT2D eigenvalue weighted by Crippen LogP contribution is 2.33. The zero-order chi connectivity index (χ0) is 31.1. The molecule has 0 heterocycles. The van der Waals surface area contributed by atoms with E-state index in [0.717, 1.165) is 62.0 Å². The van der Waals surface area contributed by atoms with Crippen LogP contribution in [0.2, 0.25) is 0 Å². The van der Waals surface area contributed by atoms with E-state index in [4.69, 9.17) is 18.9 Å². The lowest BCUT2D eigenvalue weighted by atomic mass is 9.85. The minimum absolute atomic E-state index is 0.481. The summed E-state index contributed by atoms with van der Waals surface area (Å²) in [4.78, 5) is 8.49. The van der Waals surface area contributed by atoms with Gasteiger partial charge in [-0.1, -0.05) is 26.0 Å². The van der Waals surface area contributed by atoms with Crippen molar-refractivity contribution in [2.45, 2.75) is 26.7 Å². The lowest BCUT2D eigenvalue weighted by Gasteiger charge is -2.22. The van der Waals surface area contributed by atoms with Crippen LogP contribution >= 0.6 is 0 Å². The van der Waals surface area contributed by atoms with Crippen molar-refractivity contribution in [2.75, 3.05) is 109 Å². The van der Waals surface area contributed by atoms with Crippen LogP contribution in [0, 0.1) is 11.8 Å². The molecule has 0 spiro atoms. The number of rotatable bonds is 21. The van der Waals surface area contributed by atoms with E-state index >= 15 is 0 Å². The molecule has 0 N–H and O–H groups in total. The molecule has 0 radical (unpaired) electrons. The molecule has 0 aliphatic rings.